The Hall–Kier alpha value is -1.29. The summed E-state index contributed by atoms with van der Waals surface area (Å²) in [6.07, 6.45) is 0.760. The number of morpholine rings is 1. The maximum absolute atomic E-state index is 14.2. The monoisotopic (exact) mass is 547 g/mol. The van der Waals surface area contributed by atoms with Crippen LogP contribution in [0.25, 0.3) is 10.2 Å². The van der Waals surface area contributed by atoms with Crippen LogP contribution >= 0.6 is 51.3 Å². The van der Waals surface area contributed by atoms with Gasteiger partial charge in [-0.15, -0.1) is 12.4 Å². The van der Waals surface area contributed by atoms with Gasteiger partial charge in [-0.2, -0.15) is 0 Å². The number of benzene rings is 2. The molecule has 1 aromatic heterocycles. The lowest BCUT2D eigenvalue weighted by Gasteiger charge is -2.27. The first-order chi connectivity index (χ1) is 14.5. The number of hydrogen-bond donors (Lipinski definition) is 0. The number of carbonyl (C=O) groups is 1. The predicted molar refractivity (Wildman–Crippen MR) is 130 cm³/mol. The van der Waals surface area contributed by atoms with Gasteiger partial charge in [0.2, 0.25) is 0 Å². The van der Waals surface area contributed by atoms with Crippen LogP contribution in [0.2, 0.25) is 5.02 Å². The number of carbonyl (C=O) groups excluding carboxylic acids is 1. The van der Waals surface area contributed by atoms with E-state index in [0.717, 1.165) is 43.7 Å². The Morgan fingerprint density at radius 3 is 2.81 bits per heavy atom. The molecule has 0 aliphatic carbocycles. The predicted octanol–water partition coefficient (Wildman–Crippen LogP) is 5.64. The number of rotatable bonds is 6. The second-order valence-corrected chi connectivity index (χ2v) is 9.30. The zero-order chi connectivity index (χ0) is 21.1. The molecule has 1 aliphatic heterocycles. The number of fused-ring (bicyclic) bond motifs is 1. The molecule has 1 amide bonds. The van der Waals surface area contributed by atoms with Crippen molar-refractivity contribution in [2.75, 3.05) is 44.3 Å². The largest absolute Gasteiger partial charge is 0.379 e. The minimum atomic E-state index is -0.392. The molecular formula is C21H21BrCl2FN3O2S. The second kappa shape index (κ2) is 11.0. The number of halogens is 4. The number of hydrogen-bond acceptors (Lipinski definition) is 5. The summed E-state index contributed by atoms with van der Waals surface area (Å²) in [6.45, 7) is 4.54. The first kappa shape index (κ1) is 24.4. The van der Waals surface area contributed by atoms with E-state index < -0.39 is 5.82 Å². The third kappa shape index (κ3) is 5.74. The number of aromatic nitrogens is 1. The van der Waals surface area contributed by atoms with Gasteiger partial charge in [-0.1, -0.05) is 44.9 Å². The zero-order valence-electron chi connectivity index (χ0n) is 16.5. The van der Waals surface area contributed by atoms with Crippen molar-refractivity contribution in [3.8, 4) is 0 Å². The highest BCUT2D eigenvalue weighted by molar-refractivity contribution is 9.10. The van der Waals surface area contributed by atoms with Gasteiger partial charge in [-0.25, -0.2) is 9.37 Å². The topological polar surface area (TPSA) is 45.7 Å². The molecule has 2 heterocycles. The van der Waals surface area contributed by atoms with Crippen LogP contribution in [0.15, 0.2) is 40.9 Å². The lowest BCUT2D eigenvalue weighted by Crippen LogP contribution is -2.39. The SMILES string of the molecule is Cl.O=C(c1cc(Br)ccc1Cl)N(CCCN1CCOCC1)c1nc2c(F)cccc2s1. The highest BCUT2D eigenvalue weighted by atomic mass is 79.9. The first-order valence-corrected chi connectivity index (χ1v) is 11.6. The van der Waals surface area contributed by atoms with Crippen LogP contribution in [0.3, 0.4) is 0 Å². The highest BCUT2D eigenvalue weighted by Crippen LogP contribution is 2.32. The standard InChI is InChI=1S/C21H20BrClFN3O2S.ClH/c22-14-5-6-16(23)15(13-14)20(28)27(8-2-7-26-9-11-29-12-10-26)21-25-19-17(24)3-1-4-18(19)30-21;/h1,3-6,13H,2,7-12H2;1H. The summed E-state index contributed by atoms with van der Waals surface area (Å²) in [5.74, 6) is -0.640. The molecule has 0 atom stereocenters. The smallest absolute Gasteiger partial charge is 0.261 e. The van der Waals surface area contributed by atoms with E-state index in [1.54, 1.807) is 29.2 Å². The van der Waals surface area contributed by atoms with Gasteiger partial charge in [0.15, 0.2) is 5.13 Å². The molecule has 5 nitrogen and oxygen atoms in total. The van der Waals surface area contributed by atoms with Crippen molar-refractivity contribution in [2.45, 2.75) is 6.42 Å². The van der Waals surface area contributed by atoms with Crippen molar-refractivity contribution in [1.29, 1.82) is 0 Å². The van der Waals surface area contributed by atoms with Gasteiger partial charge in [-0.3, -0.25) is 14.6 Å². The fraction of sp³-hybridized carbons (Fsp3) is 0.333. The van der Waals surface area contributed by atoms with Crippen molar-refractivity contribution >= 4 is 72.5 Å². The van der Waals surface area contributed by atoms with Crippen molar-refractivity contribution in [3.63, 3.8) is 0 Å². The molecule has 31 heavy (non-hydrogen) atoms. The summed E-state index contributed by atoms with van der Waals surface area (Å²) in [6, 6.07) is 10.0. The van der Waals surface area contributed by atoms with Crippen LogP contribution in [-0.2, 0) is 4.74 Å². The number of thiazole rings is 1. The zero-order valence-corrected chi connectivity index (χ0v) is 20.5. The lowest BCUT2D eigenvalue weighted by molar-refractivity contribution is 0.0376. The normalized spacial score (nSPS) is 14.4. The Balaban J connectivity index is 0.00000272. The van der Waals surface area contributed by atoms with Crippen LogP contribution in [0.4, 0.5) is 9.52 Å². The maximum Gasteiger partial charge on any atom is 0.261 e. The summed E-state index contributed by atoms with van der Waals surface area (Å²) in [5, 5.41) is 0.840. The van der Waals surface area contributed by atoms with Crippen LogP contribution < -0.4 is 4.90 Å². The molecule has 2 aromatic carbocycles. The molecule has 10 heteroatoms. The quantitative estimate of drug-likeness (QED) is 0.400. The summed E-state index contributed by atoms with van der Waals surface area (Å²) >= 11 is 11.0. The van der Waals surface area contributed by atoms with Crippen molar-refractivity contribution in [1.82, 2.24) is 9.88 Å². The molecule has 3 aromatic rings. The van der Waals surface area contributed by atoms with Gasteiger partial charge >= 0.3 is 0 Å². The van der Waals surface area contributed by atoms with Gasteiger partial charge in [0.1, 0.15) is 11.3 Å². The van der Waals surface area contributed by atoms with E-state index >= 15 is 0 Å². The molecule has 1 aliphatic rings. The number of ether oxygens (including phenoxy) is 1. The van der Waals surface area contributed by atoms with Crippen molar-refractivity contribution in [2.24, 2.45) is 0 Å². The third-order valence-electron chi connectivity index (χ3n) is 4.95. The Kier molecular flexibility index (Phi) is 8.66. The number of amides is 1. The molecule has 0 spiro atoms. The van der Waals surface area contributed by atoms with E-state index in [1.165, 1.54) is 17.4 Å². The Morgan fingerprint density at radius 1 is 1.29 bits per heavy atom. The van der Waals surface area contributed by atoms with Crippen molar-refractivity contribution in [3.05, 3.63) is 57.3 Å². The summed E-state index contributed by atoms with van der Waals surface area (Å²) in [5.41, 5.74) is 0.668. The average molecular weight is 549 g/mol. The number of anilines is 1. The van der Waals surface area contributed by atoms with E-state index in [0.29, 0.717) is 27.0 Å². The van der Waals surface area contributed by atoms with Crippen molar-refractivity contribution < 1.29 is 13.9 Å². The Morgan fingerprint density at radius 2 is 2.06 bits per heavy atom. The summed E-state index contributed by atoms with van der Waals surface area (Å²) in [4.78, 5) is 21.8. The lowest BCUT2D eigenvalue weighted by atomic mass is 10.2. The van der Waals surface area contributed by atoms with E-state index in [4.69, 9.17) is 16.3 Å². The summed E-state index contributed by atoms with van der Waals surface area (Å²) < 4.78 is 21.1. The van der Waals surface area contributed by atoms with Crippen LogP contribution in [0.1, 0.15) is 16.8 Å². The average Bonchev–Trinajstić information content (AvgIpc) is 3.18. The molecule has 0 saturated carbocycles. The fourth-order valence-electron chi connectivity index (χ4n) is 3.39. The fourth-order valence-corrected chi connectivity index (χ4v) is 4.95. The molecule has 0 radical (unpaired) electrons. The molecule has 1 fully saturated rings. The van der Waals surface area contributed by atoms with Crippen LogP contribution in [0.5, 0.6) is 0 Å². The minimum absolute atomic E-state index is 0. The highest BCUT2D eigenvalue weighted by Gasteiger charge is 2.24. The van der Waals surface area contributed by atoms with Gasteiger partial charge < -0.3 is 4.74 Å². The summed E-state index contributed by atoms with van der Waals surface area (Å²) in [7, 11) is 0. The molecule has 0 N–H and O–H groups in total. The molecule has 4 rings (SSSR count). The molecule has 1 saturated heterocycles. The Bertz CT molecular complexity index is 1060. The molecule has 166 valence electrons. The first-order valence-electron chi connectivity index (χ1n) is 9.65. The number of para-hydroxylation sites is 1. The van der Waals surface area contributed by atoms with Gasteiger partial charge in [0.25, 0.3) is 5.91 Å². The third-order valence-corrected chi connectivity index (χ3v) is 6.82. The Labute approximate surface area is 203 Å². The van der Waals surface area contributed by atoms with Crippen LogP contribution in [-0.4, -0.2) is 55.2 Å². The maximum atomic E-state index is 14.2. The molecule has 0 unspecified atom stereocenters. The van der Waals surface area contributed by atoms with Crippen LogP contribution in [0, 0.1) is 5.82 Å². The van der Waals surface area contributed by atoms with E-state index in [1.807, 2.05) is 6.07 Å². The molecule has 0 bridgehead atoms. The second-order valence-electron chi connectivity index (χ2n) is 6.97. The van der Waals surface area contributed by atoms with E-state index in [2.05, 4.69) is 25.8 Å². The number of nitrogens with zero attached hydrogens (tertiary/aromatic N) is 3. The van der Waals surface area contributed by atoms with Gasteiger partial charge in [-0.05, 0) is 36.8 Å². The van der Waals surface area contributed by atoms with E-state index in [-0.39, 0.29) is 23.8 Å². The minimum Gasteiger partial charge on any atom is -0.379 e. The molecular weight excluding hydrogens is 528 g/mol. The van der Waals surface area contributed by atoms with Gasteiger partial charge in [0.05, 0.1) is 28.5 Å². The van der Waals surface area contributed by atoms with E-state index in [9.17, 15) is 9.18 Å². The van der Waals surface area contributed by atoms with Gasteiger partial charge in [0, 0.05) is 30.7 Å².